The Bertz CT molecular complexity index is 924. The molecule has 27 heavy (non-hydrogen) atoms. The second kappa shape index (κ2) is 8.28. The van der Waals surface area contributed by atoms with E-state index in [0.29, 0.717) is 23.6 Å². The summed E-state index contributed by atoms with van der Waals surface area (Å²) >= 11 is 7.60. The van der Waals surface area contributed by atoms with Crippen LogP contribution in [0.5, 0.6) is 0 Å². The second-order valence-electron chi connectivity index (χ2n) is 6.69. The Labute approximate surface area is 168 Å². The van der Waals surface area contributed by atoms with Crippen LogP contribution in [-0.4, -0.2) is 25.8 Å². The largest absolute Gasteiger partial charge is 0.298 e. The van der Waals surface area contributed by atoms with Gasteiger partial charge in [0.15, 0.2) is 5.16 Å². The van der Waals surface area contributed by atoms with Gasteiger partial charge in [-0.2, -0.15) is 0 Å². The third-order valence-electron chi connectivity index (χ3n) is 4.74. The summed E-state index contributed by atoms with van der Waals surface area (Å²) < 4.78 is 2.05. The van der Waals surface area contributed by atoms with Crippen molar-refractivity contribution in [3.05, 3.63) is 71.0 Å². The maximum atomic E-state index is 12.3. The Morgan fingerprint density at radius 2 is 1.81 bits per heavy atom. The highest BCUT2D eigenvalue weighted by Gasteiger charge is 2.26. The van der Waals surface area contributed by atoms with Crippen LogP contribution in [0.2, 0.25) is 5.02 Å². The molecule has 0 radical (unpaired) electrons. The average molecular weight is 398 g/mol. The summed E-state index contributed by atoms with van der Waals surface area (Å²) in [5.74, 6) is 1.18. The topological polar surface area (TPSA) is 47.8 Å². The predicted molar refractivity (Wildman–Crippen MR) is 109 cm³/mol. The van der Waals surface area contributed by atoms with Crippen molar-refractivity contribution in [1.29, 1.82) is 0 Å². The molecule has 0 aliphatic heterocycles. The minimum atomic E-state index is -0.0291. The number of carbonyl (C=O) groups excluding carboxylic acids is 1. The van der Waals surface area contributed by atoms with Gasteiger partial charge in [-0.15, -0.1) is 10.2 Å². The lowest BCUT2D eigenvalue weighted by molar-refractivity contribution is -0.119. The van der Waals surface area contributed by atoms with Gasteiger partial charge in [0.25, 0.3) is 0 Å². The van der Waals surface area contributed by atoms with Crippen molar-refractivity contribution in [3.63, 3.8) is 0 Å². The quantitative estimate of drug-likeness (QED) is 0.599. The summed E-state index contributed by atoms with van der Waals surface area (Å²) in [7, 11) is 0. The lowest BCUT2D eigenvalue weighted by Gasteiger charge is -2.20. The number of hydrogen-bond donors (Lipinski definition) is 0. The molecule has 3 aromatic rings. The van der Waals surface area contributed by atoms with Gasteiger partial charge in [0.2, 0.25) is 0 Å². The van der Waals surface area contributed by atoms with Gasteiger partial charge in [-0.05, 0) is 42.7 Å². The molecule has 1 aliphatic rings. The molecule has 4 nitrogen and oxygen atoms in total. The molecule has 0 amide bonds. The first kappa shape index (κ1) is 18.3. The number of aromatic nitrogens is 3. The van der Waals surface area contributed by atoms with Crippen LogP contribution < -0.4 is 0 Å². The van der Waals surface area contributed by atoms with Crippen LogP contribution >= 0.6 is 23.4 Å². The first-order valence-corrected chi connectivity index (χ1v) is 10.4. The fraction of sp³-hybridized carbons (Fsp3) is 0.286. The average Bonchev–Trinajstić information content (AvgIpc) is 3.07. The molecule has 0 spiro atoms. The smallest absolute Gasteiger partial charge is 0.196 e. The van der Waals surface area contributed by atoms with E-state index in [9.17, 15) is 4.79 Å². The zero-order valence-electron chi connectivity index (χ0n) is 14.8. The Morgan fingerprint density at radius 1 is 1.04 bits per heavy atom. The minimum absolute atomic E-state index is 0.0291. The number of hydrogen-bond acceptors (Lipinski definition) is 4. The summed E-state index contributed by atoms with van der Waals surface area (Å²) in [5.41, 5.74) is 2.13. The van der Waals surface area contributed by atoms with Gasteiger partial charge in [-0.25, -0.2) is 0 Å². The van der Waals surface area contributed by atoms with Crippen LogP contribution in [-0.2, 0) is 11.2 Å². The zero-order chi connectivity index (χ0) is 18.6. The molecule has 0 saturated heterocycles. The SMILES string of the molecule is O=C1CCCC[C@H]1Sc1nnc(Cc2ccccc2)n1-c1ccc(Cl)cc1. The molecule has 1 atom stereocenters. The number of nitrogens with zero attached hydrogens (tertiary/aromatic N) is 3. The molecule has 6 heteroatoms. The van der Waals surface area contributed by atoms with Crippen LogP contribution in [0.3, 0.4) is 0 Å². The molecule has 1 heterocycles. The number of Topliss-reactive ketones (excluding diaryl/α,β-unsaturated/α-hetero) is 1. The van der Waals surface area contributed by atoms with E-state index in [2.05, 4.69) is 26.9 Å². The molecule has 0 bridgehead atoms. The highest BCUT2D eigenvalue weighted by Crippen LogP contribution is 2.33. The highest BCUT2D eigenvalue weighted by molar-refractivity contribution is 8.00. The van der Waals surface area contributed by atoms with Crippen molar-refractivity contribution in [2.45, 2.75) is 42.5 Å². The van der Waals surface area contributed by atoms with Gasteiger partial charge in [0.1, 0.15) is 11.6 Å². The van der Waals surface area contributed by atoms with E-state index in [-0.39, 0.29) is 5.25 Å². The molecule has 0 N–H and O–H groups in total. The van der Waals surface area contributed by atoms with Crippen molar-refractivity contribution in [1.82, 2.24) is 14.8 Å². The van der Waals surface area contributed by atoms with Crippen molar-refractivity contribution < 1.29 is 4.79 Å². The highest BCUT2D eigenvalue weighted by atomic mass is 35.5. The van der Waals surface area contributed by atoms with E-state index < -0.39 is 0 Å². The first-order valence-electron chi connectivity index (χ1n) is 9.14. The number of rotatable bonds is 5. The molecule has 1 aliphatic carbocycles. The van der Waals surface area contributed by atoms with Gasteiger partial charge in [0, 0.05) is 23.6 Å². The number of thioether (sulfide) groups is 1. The van der Waals surface area contributed by atoms with Gasteiger partial charge in [0.05, 0.1) is 5.25 Å². The van der Waals surface area contributed by atoms with Crippen molar-refractivity contribution in [2.24, 2.45) is 0 Å². The number of benzene rings is 2. The molecule has 2 aromatic carbocycles. The molecule has 4 rings (SSSR count). The van der Waals surface area contributed by atoms with Crippen LogP contribution in [0.4, 0.5) is 0 Å². The van der Waals surface area contributed by atoms with Crippen molar-refractivity contribution in [3.8, 4) is 5.69 Å². The van der Waals surface area contributed by atoms with Crippen molar-refractivity contribution in [2.75, 3.05) is 0 Å². The normalized spacial score (nSPS) is 17.2. The maximum Gasteiger partial charge on any atom is 0.196 e. The van der Waals surface area contributed by atoms with E-state index in [4.69, 9.17) is 11.6 Å². The van der Waals surface area contributed by atoms with E-state index in [0.717, 1.165) is 35.9 Å². The summed E-state index contributed by atoms with van der Waals surface area (Å²) in [4.78, 5) is 12.3. The molecule has 1 saturated carbocycles. The fourth-order valence-corrected chi connectivity index (χ4v) is 4.64. The lowest BCUT2D eigenvalue weighted by atomic mass is 9.99. The summed E-state index contributed by atoms with van der Waals surface area (Å²) in [6.07, 6.45) is 4.35. The van der Waals surface area contributed by atoms with Gasteiger partial charge in [-0.3, -0.25) is 9.36 Å². The van der Waals surface area contributed by atoms with Crippen LogP contribution in [0.1, 0.15) is 37.1 Å². The molecule has 0 unspecified atom stereocenters. The molecular weight excluding hydrogens is 378 g/mol. The Balaban J connectivity index is 1.70. The minimum Gasteiger partial charge on any atom is -0.298 e. The van der Waals surface area contributed by atoms with E-state index in [1.165, 1.54) is 17.3 Å². The number of halogens is 1. The van der Waals surface area contributed by atoms with E-state index in [1.54, 1.807) is 0 Å². The van der Waals surface area contributed by atoms with Crippen LogP contribution in [0, 0.1) is 0 Å². The third-order valence-corrected chi connectivity index (χ3v) is 6.25. The standard InChI is InChI=1S/C21H20ClN3OS/c22-16-10-12-17(13-11-16)25-20(14-15-6-2-1-3-7-15)23-24-21(25)27-19-9-5-4-8-18(19)26/h1-3,6-7,10-13,19H,4-5,8-9,14H2/t19-/m1/s1. The summed E-state index contributed by atoms with van der Waals surface area (Å²) in [6.45, 7) is 0. The van der Waals surface area contributed by atoms with Gasteiger partial charge < -0.3 is 0 Å². The molecule has 1 aromatic heterocycles. The number of carbonyl (C=O) groups is 1. The second-order valence-corrected chi connectivity index (χ2v) is 8.30. The molecular formula is C21H20ClN3OS. The number of ketones is 1. The Morgan fingerprint density at radius 3 is 2.56 bits per heavy atom. The molecule has 138 valence electrons. The predicted octanol–water partition coefficient (Wildman–Crippen LogP) is 5.12. The third kappa shape index (κ3) is 4.25. The van der Waals surface area contributed by atoms with E-state index >= 15 is 0 Å². The zero-order valence-corrected chi connectivity index (χ0v) is 16.4. The lowest BCUT2D eigenvalue weighted by Crippen LogP contribution is -2.21. The van der Waals surface area contributed by atoms with Crippen LogP contribution in [0.15, 0.2) is 59.8 Å². The Hall–Kier alpha value is -2.11. The first-order chi connectivity index (χ1) is 13.2. The van der Waals surface area contributed by atoms with Crippen LogP contribution in [0.25, 0.3) is 5.69 Å². The fourth-order valence-electron chi connectivity index (χ4n) is 3.32. The molecule has 1 fully saturated rings. The summed E-state index contributed by atoms with van der Waals surface area (Å²) in [5, 5.41) is 10.3. The maximum absolute atomic E-state index is 12.3. The van der Waals surface area contributed by atoms with Gasteiger partial charge >= 0.3 is 0 Å². The van der Waals surface area contributed by atoms with Gasteiger partial charge in [-0.1, -0.05) is 60.1 Å². The van der Waals surface area contributed by atoms with E-state index in [1.807, 2.05) is 42.5 Å². The summed E-state index contributed by atoms with van der Waals surface area (Å²) in [6, 6.07) is 17.9. The Kier molecular flexibility index (Phi) is 5.60. The monoisotopic (exact) mass is 397 g/mol. The van der Waals surface area contributed by atoms with Crippen molar-refractivity contribution >= 4 is 29.1 Å².